The third-order valence-corrected chi connectivity index (χ3v) is 5.98. The van der Waals surface area contributed by atoms with Gasteiger partial charge in [0.25, 0.3) is 0 Å². The van der Waals surface area contributed by atoms with Crippen molar-refractivity contribution in [2.24, 2.45) is 5.92 Å². The van der Waals surface area contributed by atoms with Crippen LogP contribution in [0.15, 0.2) is 42.6 Å². The van der Waals surface area contributed by atoms with Crippen LogP contribution in [-0.2, 0) is 11.2 Å². The van der Waals surface area contributed by atoms with Crippen LogP contribution in [0.4, 0.5) is 11.8 Å². The van der Waals surface area contributed by atoms with E-state index in [1.807, 2.05) is 25.3 Å². The van der Waals surface area contributed by atoms with Gasteiger partial charge in [-0.3, -0.25) is 4.98 Å². The summed E-state index contributed by atoms with van der Waals surface area (Å²) in [7, 11) is 0. The Balaban J connectivity index is 1.35. The zero-order chi connectivity index (χ0) is 19.6. The summed E-state index contributed by atoms with van der Waals surface area (Å²) in [5.41, 5.74) is 3.38. The molecule has 4 heterocycles. The Bertz CT molecular complexity index is 996. The molecule has 2 atom stereocenters. The van der Waals surface area contributed by atoms with Crippen LogP contribution in [0.5, 0.6) is 0 Å². The predicted octanol–water partition coefficient (Wildman–Crippen LogP) is 3.60. The minimum absolute atomic E-state index is 0.239. The van der Waals surface area contributed by atoms with Gasteiger partial charge in [-0.2, -0.15) is 4.98 Å². The summed E-state index contributed by atoms with van der Waals surface area (Å²) >= 11 is 0. The second-order valence-electron chi connectivity index (χ2n) is 8.13. The van der Waals surface area contributed by atoms with Crippen LogP contribution in [0.1, 0.15) is 24.1 Å². The van der Waals surface area contributed by atoms with E-state index in [0.29, 0.717) is 12.5 Å². The van der Waals surface area contributed by atoms with Crippen molar-refractivity contribution >= 4 is 22.7 Å². The van der Waals surface area contributed by atoms with E-state index in [4.69, 9.17) is 9.72 Å². The number of hydrogen-bond acceptors (Lipinski definition) is 6. The first kappa shape index (κ1) is 18.3. The van der Waals surface area contributed by atoms with Crippen molar-refractivity contribution in [1.29, 1.82) is 0 Å². The standard InChI is InChI=1S/C23H27N5O/c1-16-12-22(27-23(25-16)28-10-4-5-11-28)26-21-15-29-14-18(21)13-17-8-9-24-20-7-3-2-6-19(17)20/h2-3,6-9,12,18,21H,4-5,10-11,13-15H2,1H3,(H,25,26,27). The van der Waals surface area contributed by atoms with Crippen molar-refractivity contribution < 1.29 is 4.74 Å². The summed E-state index contributed by atoms with van der Waals surface area (Å²) in [6.07, 6.45) is 5.31. The highest BCUT2D eigenvalue weighted by Crippen LogP contribution is 2.26. The number of ether oxygens (including phenoxy) is 1. The largest absolute Gasteiger partial charge is 0.379 e. The zero-order valence-electron chi connectivity index (χ0n) is 16.8. The number of benzene rings is 1. The molecule has 2 aliphatic rings. The first-order valence-corrected chi connectivity index (χ1v) is 10.5. The van der Waals surface area contributed by atoms with E-state index in [2.05, 4.69) is 44.5 Å². The van der Waals surface area contributed by atoms with E-state index in [9.17, 15) is 0 Å². The van der Waals surface area contributed by atoms with E-state index in [0.717, 1.165) is 49.1 Å². The summed E-state index contributed by atoms with van der Waals surface area (Å²) in [4.78, 5) is 16.2. The zero-order valence-corrected chi connectivity index (χ0v) is 16.8. The normalized spacial score (nSPS) is 21.8. The molecule has 2 unspecified atom stereocenters. The third kappa shape index (κ3) is 3.90. The molecule has 1 N–H and O–H groups in total. The van der Waals surface area contributed by atoms with Gasteiger partial charge in [-0.15, -0.1) is 0 Å². The molecule has 2 saturated heterocycles. The lowest BCUT2D eigenvalue weighted by atomic mass is 9.93. The van der Waals surface area contributed by atoms with Crippen LogP contribution in [-0.4, -0.2) is 47.3 Å². The fraction of sp³-hybridized carbons (Fsp3) is 0.435. The highest BCUT2D eigenvalue weighted by atomic mass is 16.5. The molecule has 6 heteroatoms. The average molecular weight is 390 g/mol. The van der Waals surface area contributed by atoms with Gasteiger partial charge in [0.2, 0.25) is 5.95 Å². The fourth-order valence-corrected chi connectivity index (χ4v) is 4.45. The molecule has 0 saturated carbocycles. The summed E-state index contributed by atoms with van der Waals surface area (Å²) in [6.45, 7) is 5.60. The molecular weight excluding hydrogens is 362 g/mol. The van der Waals surface area contributed by atoms with Crippen molar-refractivity contribution in [3.8, 4) is 0 Å². The molecule has 29 heavy (non-hydrogen) atoms. The van der Waals surface area contributed by atoms with Gasteiger partial charge in [0, 0.05) is 42.4 Å². The average Bonchev–Trinajstić information content (AvgIpc) is 3.41. The maximum absolute atomic E-state index is 5.85. The minimum Gasteiger partial charge on any atom is -0.379 e. The number of rotatable bonds is 5. The Morgan fingerprint density at radius 3 is 2.86 bits per heavy atom. The molecule has 1 aromatic carbocycles. The molecule has 150 valence electrons. The quantitative estimate of drug-likeness (QED) is 0.719. The first-order chi connectivity index (χ1) is 14.3. The van der Waals surface area contributed by atoms with Gasteiger partial charge >= 0.3 is 0 Å². The van der Waals surface area contributed by atoms with Crippen molar-refractivity contribution in [1.82, 2.24) is 15.0 Å². The summed E-state index contributed by atoms with van der Waals surface area (Å²) < 4.78 is 5.85. The SMILES string of the molecule is Cc1cc(NC2COCC2Cc2ccnc3ccccc23)nc(N2CCCC2)n1. The molecular formula is C23H27N5O. The molecule has 5 rings (SSSR count). The molecule has 0 aliphatic carbocycles. The van der Waals surface area contributed by atoms with Gasteiger partial charge in [0.15, 0.2) is 0 Å². The van der Waals surface area contributed by atoms with Crippen molar-refractivity contribution in [2.45, 2.75) is 32.2 Å². The van der Waals surface area contributed by atoms with E-state index < -0.39 is 0 Å². The van der Waals surface area contributed by atoms with Crippen molar-refractivity contribution in [3.63, 3.8) is 0 Å². The number of aryl methyl sites for hydroxylation is 1. The molecule has 2 aromatic heterocycles. The Hall–Kier alpha value is -2.73. The molecule has 6 nitrogen and oxygen atoms in total. The van der Waals surface area contributed by atoms with Gasteiger partial charge in [-0.25, -0.2) is 4.98 Å². The van der Waals surface area contributed by atoms with Gasteiger partial charge < -0.3 is 15.0 Å². The summed E-state index contributed by atoms with van der Waals surface area (Å²) in [5.74, 6) is 2.14. The molecule has 0 bridgehead atoms. The predicted molar refractivity (Wildman–Crippen MR) is 115 cm³/mol. The molecule has 0 spiro atoms. The summed E-state index contributed by atoms with van der Waals surface area (Å²) in [6, 6.07) is 12.8. The highest BCUT2D eigenvalue weighted by molar-refractivity contribution is 5.81. The monoisotopic (exact) mass is 389 g/mol. The topological polar surface area (TPSA) is 63.2 Å². The molecule has 3 aromatic rings. The maximum Gasteiger partial charge on any atom is 0.227 e. The van der Waals surface area contributed by atoms with E-state index in [1.54, 1.807) is 0 Å². The lowest BCUT2D eigenvalue weighted by Crippen LogP contribution is -2.30. The molecule has 2 aliphatic heterocycles. The number of pyridine rings is 1. The van der Waals surface area contributed by atoms with Crippen molar-refractivity contribution in [3.05, 3.63) is 53.9 Å². The number of nitrogens with zero attached hydrogens (tertiary/aromatic N) is 4. The first-order valence-electron chi connectivity index (χ1n) is 10.5. The second kappa shape index (κ2) is 7.95. The van der Waals surface area contributed by atoms with Crippen molar-refractivity contribution in [2.75, 3.05) is 36.5 Å². The van der Waals surface area contributed by atoms with E-state index >= 15 is 0 Å². The van der Waals surface area contributed by atoms with Gasteiger partial charge in [0.1, 0.15) is 5.82 Å². The van der Waals surface area contributed by atoms with Crippen LogP contribution in [0.2, 0.25) is 0 Å². The van der Waals surface area contributed by atoms with Gasteiger partial charge in [0.05, 0.1) is 24.8 Å². The Labute approximate surface area is 171 Å². The van der Waals surface area contributed by atoms with Crippen LogP contribution in [0.25, 0.3) is 10.9 Å². The lowest BCUT2D eigenvalue weighted by Gasteiger charge is -2.22. The highest BCUT2D eigenvalue weighted by Gasteiger charge is 2.29. The Morgan fingerprint density at radius 2 is 1.97 bits per heavy atom. The smallest absolute Gasteiger partial charge is 0.227 e. The van der Waals surface area contributed by atoms with Gasteiger partial charge in [-0.05, 0) is 43.9 Å². The second-order valence-corrected chi connectivity index (χ2v) is 8.13. The Morgan fingerprint density at radius 1 is 1.10 bits per heavy atom. The number of hydrogen-bond donors (Lipinski definition) is 1. The fourth-order valence-electron chi connectivity index (χ4n) is 4.45. The lowest BCUT2D eigenvalue weighted by molar-refractivity contribution is 0.185. The Kier molecular flexibility index (Phi) is 5.02. The number of nitrogens with one attached hydrogen (secondary N) is 1. The van der Waals surface area contributed by atoms with Crippen LogP contribution in [0.3, 0.4) is 0 Å². The minimum atomic E-state index is 0.239. The number of anilines is 2. The van der Waals surface area contributed by atoms with E-state index in [1.165, 1.54) is 23.8 Å². The van der Waals surface area contributed by atoms with Crippen LogP contribution < -0.4 is 10.2 Å². The van der Waals surface area contributed by atoms with E-state index in [-0.39, 0.29) is 6.04 Å². The third-order valence-electron chi connectivity index (χ3n) is 5.98. The molecule has 0 amide bonds. The summed E-state index contributed by atoms with van der Waals surface area (Å²) in [5, 5.41) is 4.88. The van der Waals surface area contributed by atoms with Gasteiger partial charge in [-0.1, -0.05) is 18.2 Å². The molecule has 0 radical (unpaired) electrons. The molecule has 2 fully saturated rings. The number of para-hydroxylation sites is 1. The maximum atomic E-state index is 5.85. The van der Waals surface area contributed by atoms with Crippen LogP contribution >= 0.6 is 0 Å². The number of fused-ring (bicyclic) bond motifs is 1. The van der Waals surface area contributed by atoms with Crippen LogP contribution in [0, 0.1) is 12.8 Å². The number of aromatic nitrogens is 3.